The minimum atomic E-state index is -1.05. The van der Waals surface area contributed by atoms with Crippen LogP contribution in [0, 0.1) is 5.41 Å². The lowest BCUT2D eigenvalue weighted by molar-refractivity contribution is -0.138. The molecule has 6 N–H and O–H groups in total. The molecular formula is C12H23N3O4. The number of carbonyl (C=O) groups excluding carboxylic acids is 2. The zero-order valence-electron chi connectivity index (χ0n) is 11.6. The summed E-state index contributed by atoms with van der Waals surface area (Å²) < 4.78 is 0. The van der Waals surface area contributed by atoms with Crippen molar-refractivity contribution in [2.24, 2.45) is 16.9 Å². The number of rotatable bonds is 7. The highest BCUT2D eigenvalue weighted by molar-refractivity contribution is 5.87. The number of hydrogen-bond acceptors (Lipinski definition) is 4. The molecule has 0 aliphatic heterocycles. The largest absolute Gasteiger partial charge is 0.481 e. The van der Waals surface area contributed by atoms with Gasteiger partial charge in [-0.3, -0.25) is 14.4 Å². The SMILES string of the molecule is CC(C)(C)CC(CC(=O)O)NC(=O)C(N)CC(N)=O. The number of carbonyl (C=O) groups is 3. The Morgan fingerprint density at radius 1 is 1.21 bits per heavy atom. The third-order valence-electron chi connectivity index (χ3n) is 2.38. The van der Waals surface area contributed by atoms with E-state index >= 15 is 0 Å². The molecule has 0 fully saturated rings. The van der Waals surface area contributed by atoms with Gasteiger partial charge in [0.2, 0.25) is 11.8 Å². The smallest absolute Gasteiger partial charge is 0.305 e. The van der Waals surface area contributed by atoms with E-state index in [0.29, 0.717) is 6.42 Å². The lowest BCUT2D eigenvalue weighted by atomic mass is 9.87. The molecule has 0 saturated heterocycles. The first-order valence-electron chi connectivity index (χ1n) is 6.07. The molecule has 0 aromatic heterocycles. The van der Waals surface area contributed by atoms with Gasteiger partial charge in [-0.05, 0) is 11.8 Å². The minimum absolute atomic E-state index is 0.138. The topological polar surface area (TPSA) is 136 Å². The summed E-state index contributed by atoms with van der Waals surface area (Å²) in [6.45, 7) is 5.83. The van der Waals surface area contributed by atoms with Crippen molar-refractivity contribution in [2.75, 3.05) is 0 Å². The highest BCUT2D eigenvalue weighted by Gasteiger charge is 2.25. The molecule has 0 heterocycles. The van der Waals surface area contributed by atoms with Gasteiger partial charge >= 0.3 is 5.97 Å². The monoisotopic (exact) mass is 273 g/mol. The van der Waals surface area contributed by atoms with E-state index in [1.807, 2.05) is 20.8 Å². The van der Waals surface area contributed by atoms with Crippen LogP contribution in [0.4, 0.5) is 0 Å². The van der Waals surface area contributed by atoms with E-state index < -0.39 is 29.9 Å². The summed E-state index contributed by atoms with van der Waals surface area (Å²) in [5.74, 6) is -2.24. The fraction of sp³-hybridized carbons (Fsp3) is 0.750. The van der Waals surface area contributed by atoms with Crippen LogP contribution in [0.3, 0.4) is 0 Å². The Morgan fingerprint density at radius 3 is 2.11 bits per heavy atom. The van der Waals surface area contributed by atoms with E-state index in [0.717, 1.165) is 0 Å². The lowest BCUT2D eigenvalue weighted by Crippen LogP contribution is -2.48. The van der Waals surface area contributed by atoms with Crippen LogP contribution in [-0.2, 0) is 14.4 Å². The van der Waals surface area contributed by atoms with E-state index in [1.54, 1.807) is 0 Å². The summed E-state index contributed by atoms with van der Waals surface area (Å²) in [6, 6.07) is -1.57. The number of hydrogen-bond donors (Lipinski definition) is 4. The van der Waals surface area contributed by atoms with Crippen LogP contribution in [0.1, 0.15) is 40.0 Å². The molecule has 0 radical (unpaired) electrons. The van der Waals surface area contributed by atoms with Crippen LogP contribution < -0.4 is 16.8 Å². The molecule has 19 heavy (non-hydrogen) atoms. The molecular weight excluding hydrogens is 250 g/mol. The maximum atomic E-state index is 11.7. The van der Waals surface area contributed by atoms with Crippen molar-refractivity contribution in [3.8, 4) is 0 Å². The molecule has 7 heteroatoms. The predicted octanol–water partition coefficient (Wildman–Crippen LogP) is -0.415. The van der Waals surface area contributed by atoms with Gasteiger partial charge in [0.1, 0.15) is 0 Å². The van der Waals surface area contributed by atoms with Crippen LogP contribution in [0.25, 0.3) is 0 Å². The Balaban J connectivity index is 4.58. The fourth-order valence-electron chi connectivity index (χ4n) is 1.74. The molecule has 2 unspecified atom stereocenters. The quantitative estimate of drug-likeness (QED) is 0.499. The van der Waals surface area contributed by atoms with Crippen molar-refractivity contribution in [2.45, 2.75) is 52.1 Å². The third-order valence-corrected chi connectivity index (χ3v) is 2.38. The summed E-state index contributed by atoms with van der Waals surface area (Å²) >= 11 is 0. The summed E-state index contributed by atoms with van der Waals surface area (Å²) in [7, 11) is 0. The second-order valence-corrected chi connectivity index (χ2v) is 5.85. The van der Waals surface area contributed by atoms with Crippen molar-refractivity contribution in [3.05, 3.63) is 0 Å². The zero-order chi connectivity index (χ0) is 15.2. The van der Waals surface area contributed by atoms with Crippen molar-refractivity contribution >= 4 is 17.8 Å². The van der Waals surface area contributed by atoms with E-state index in [-0.39, 0.29) is 18.3 Å². The number of primary amides is 1. The third kappa shape index (κ3) is 9.01. The molecule has 0 saturated carbocycles. The molecule has 0 aliphatic carbocycles. The van der Waals surface area contributed by atoms with Crippen LogP contribution in [0.15, 0.2) is 0 Å². The number of aliphatic carboxylic acids is 1. The molecule has 2 amide bonds. The van der Waals surface area contributed by atoms with Crippen LogP contribution in [-0.4, -0.2) is 35.0 Å². The van der Waals surface area contributed by atoms with Gasteiger partial charge in [-0.2, -0.15) is 0 Å². The Morgan fingerprint density at radius 2 is 1.74 bits per heavy atom. The minimum Gasteiger partial charge on any atom is -0.481 e. The normalized spacial score (nSPS) is 14.5. The Labute approximate surface area is 112 Å². The highest BCUT2D eigenvalue weighted by atomic mass is 16.4. The van der Waals surface area contributed by atoms with E-state index in [4.69, 9.17) is 16.6 Å². The van der Waals surface area contributed by atoms with Crippen LogP contribution in [0.5, 0.6) is 0 Å². The van der Waals surface area contributed by atoms with Crippen molar-refractivity contribution < 1.29 is 19.5 Å². The average molecular weight is 273 g/mol. The highest BCUT2D eigenvalue weighted by Crippen LogP contribution is 2.22. The molecule has 0 spiro atoms. The number of amides is 2. The van der Waals surface area contributed by atoms with Crippen LogP contribution in [0.2, 0.25) is 0 Å². The Kier molecular flexibility index (Phi) is 6.47. The van der Waals surface area contributed by atoms with Gasteiger partial charge in [-0.1, -0.05) is 20.8 Å². The molecule has 0 aliphatic rings. The predicted molar refractivity (Wildman–Crippen MR) is 70.0 cm³/mol. The number of carboxylic acids is 1. The molecule has 0 bridgehead atoms. The standard InChI is InChI=1S/C12H23N3O4/c1-12(2,3)6-7(4-10(17)18)15-11(19)8(13)5-9(14)16/h7-8H,4-6,13H2,1-3H3,(H2,14,16)(H,15,19)(H,17,18). The Bertz CT molecular complexity index is 349. The zero-order valence-corrected chi connectivity index (χ0v) is 11.6. The van der Waals surface area contributed by atoms with Gasteiger partial charge in [0.05, 0.1) is 18.9 Å². The van der Waals surface area contributed by atoms with E-state index in [9.17, 15) is 14.4 Å². The summed E-state index contributed by atoms with van der Waals surface area (Å²) in [5.41, 5.74) is 10.3. The summed E-state index contributed by atoms with van der Waals surface area (Å²) in [6.07, 6.45) is 0.0434. The first-order chi connectivity index (χ1) is 8.51. The van der Waals surface area contributed by atoms with Gasteiger partial charge < -0.3 is 21.9 Å². The first-order valence-corrected chi connectivity index (χ1v) is 6.07. The molecule has 7 nitrogen and oxygen atoms in total. The maximum absolute atomic E-state index is 11.7. The molecule has 0 rings (SSSR count). The average Bonchev–Trinajstić information content (AvgIpc) is 2.11. The van der Waals surface area contributed by atoms with Crippen molar-refractivity contribution in [3.63, 3.8) is 0 Å². The van der Waals surface area contributed by atoms with Gasteiger partial charge in [-0.25, -0.2) is 0 Å². The first kappa shape index (κ1) is 17.4. The van der Waals surface area contributed by atoms with Gasteiger partial charge in [0, 0.05) is 6.04 Å². The van der Waals surface area contributed by atoms with Crippen molar-refractivity contribution in [1.29, 1.82) is 0 Å². The number of carboxylic acid groups (broad SMARTS) is 1. The van der Waals surface area contributed by atoms with Crippen LogP contribution >= 0.6 is 0 Å². The van der Waals surface area contributed by atoms with Gasteiger partial charge in [0.15, 0.2) is 0 Å². The van der Waals surface area contributed by atoms with Crippen molar-refractivity contribution in [1.82, 2.24) is 5.32 Å². The fourth-order valence-corrected chi connectivity index (χ4v) is 1.74. The lowest BCUT2D eigenvalue weighted by Gasteiger charge is -2.26. The maximum Gasteiger partial charge on any atom is 0.305 e. The van der Waals surface area contributed by atoms with Gasteiger partial charge in [-0.15, -0.1) is 0 Å². The van der Waals surface area contributed by atoms with E-state index in [2.05, 4.69) is 5.32 Å². The summed E-state index contributed by atoms with van der Waals surface area (Å²) in [4.78, 5) is 33.2. The second-order valence-electron chi connectivity index (χ2n) is 5.85. The molecule has 110 valence electrons. The second kappa shape index (κ2) is 7.08. The summed E-state index contributed by atoms with van der Waals surface area (Å²) in [5, 5.41) is 11.4. The molecule has 2 atom stereocenters. The molecule has 0 aromatic rings. The number of nitrogens with two attached hydrogens (primary N) is 2. The van der Waals surface area contributed by atoms with Gasteiger partial charge in [0.25, 0.3) is 0 Å². The number of nitrogens with one attached hydrogen (secondary N) is 1. The molecule has 0 aromatic carbocycles. The Hall–Kier alpha value is -1.63. The van der Waals surface area contributed by atoms with E-state index in [1.165, 1.54) is 0 Å².